The van der Waals surface area contributed by atoms with E-state index in [4.69, 9.17) is 0 Å². The highest BCUT2D eigenvalue weighted by Gasteiger charge is 2.19. The quantitative estimate of drug-likeness (QED) is 0.873. The summed E-state index contributed by atoms with van der Waals surface area (Å²) in [7, 11) is 0. The molecular formula is C15H21N5. The summed E-state index contributed by atoms with van der Waals surface area (Å²) in [5.74, 6) is 0. The topological polar surface area (TPSA) is 63.6 Å². The van der Waals surface area contributed by atoms with Crippen molar-refractivity contribution >= 4 is 0 Å². The third kappa shape index (κ3) is 3.36. The van der Waals surface area contributed by atoms with E-state index in [1.165, 1.54) is 0 Å². The van der Waals surface area contributed by atoms with Gasteiger partial charge in [0.2, 0.25) is 0 Å². The average molecular weight is 271 g/mol. The van der Waals surface area contributed by atoms with Crippen LogP contribution in [0.2, 0.25) is 0 Å². The van der Waals surface area contributed by atoms with Gasteiger partial charge in [0.25, 0.3) is 0 Å². The highest BCUT2D eigenvalue weighted by Crippen LogP contribution is 2.23. The Kier molecular flexibility index (Phi) is 5.12. The predicted octanol–water partition coefficient (Wildman–Crippen LogP) is 2.23. The van der Waals surface area contributed by atoms with Gasteiger partial charge in [-0.2, -0.15) is 10.2 Å². The second-order valence-corrected chi connectivity index (χ2v) is 4.76. The molecule has 0 aliphatic rings. The SMILES string of the molecule is CCCNC(c1cnccn1)c1cc(C)nnc1CC. The van der Waals surface area contributed by atoms with Crippen molar-refractivity contribution in [1.82, 2.24) is 25.5 Å². The van der Waals surface area contributed by atoms with Gasteiger partial charge in [-0.25, -0.2) is 0 Å². The van der Waals surface area contributed by atoms with Crippen molar-refractivity contribution < 1.29 is 0 Å². The number of rotatable bonds is 6. The Hall–Kier alpha value is -1.88. The summed E-state index contributed by atoms with van der Waals surface area (Å²) >= 11 is 0. The van der Waals surface area contributed by atoms with Gasteiger partial charge in [-0.15, -0.1) is 0 Å². The lowest BCUT2D eigenvalue weighted by atomic mass is 10.0. The zero-order valence-corrected chi connectivity index (χ0v) is 12.3. The van der Waals surface area contributed by atoms with E-state index in [-0.39, 0.29) is 6.04 Å². The lowest BCUT2D eigenvalue weighted by Crippen LogP contribution is -2.26. The molecule has 2 rings (SSSR count). The number of aromatic nitrogens is 4. The molecule has 1 atom stereocenters. The molecule has 2 aromatic heterocycles. The fourth-order valence-corrected chi connectivity index (χ4v) is 2.18. The first-order valence-corrected chi connectivity index (χ1v) is 7.08. The molecule has 1 N–H and O–H groups in total. The molecule has 0 bridgehead atoms. The van der Waals surface area contributed by atoms with Crippen LogP contribution in [0.1, 0.15) is 49.0 Å². The molecule has 0 amide bonds. The van der Waals surface area contributed by atoms with E-state index >= 15 is 0 Å². The van der Waals surface area contributed by atoms with E-state index in [9.17, 15) is 0 Å². The molecule has 1 unspecified atom stereocenters. The van der Waals surface area contributed by atoms with E-state index in [0.29, 0.717) is 0 Å². The van der Waals surface area contributed by atoms with Crippen molar-refractivity contribution in [2.45, 2.75) is 39.7 Å². The Morgan fingerprint density at radius 2 is 2.05 bits per heavy atom. The molecule has 5 heteroatoms. The van der Waals surface area contributed by atoms with Gasteiger partial charge in [0.05, 0.1) is 29.3 Å². The van der Waals surface area contributed by atoms with Crippen molar-refractivity contribution in [3.8, 4) is 0 Å². The average Bonchev–Trinajstić information content (AvgIpc) is 2.49. The van der Waals surface area contributed by atoms with Crippen LogP contribution in [0.5, 0.6) is 0 Å². The first-order chi connectivity index (χ1) is 9.76. The van der Waals surface area contributed by atoms with Gasteiger partial charge in [-0.1, -0.05) is 13.8 Å². The molecule has 0 aliphatic carbocycles. The van der Waals surface area contributed by atoms with Crippen LogP contribution in [0.15, 0.2) is 24.7 Å². The third-order valence-corrected chi connectivity index (χ3v) is 3.15. The highest BCUT2D eigenvalue weighted by atomic mass is 15.1. The van der Waals surface area contributed by atoms with E-state index < -0.39 is 0 Å². The van der Waals surface area contributed by atoms with Crippen LogP contribution in [0, 0.1) is 6.92 Å². The molecule has 2 heterocycles. The molecule has 0 aromatic carbocycles. The van der Waals surface area contributed by atoms with Crippen molar-refractivity contribution in [3.63, 3.8) is 0 Å². The Morgan fingerprint density at radius 3 is 2.70 bits per heavy atom. The molecule has 0 spiro atoms. The molecule has 5 nitrogen and oxygen atoms in total. The van der Waals surface area contributed by atoms with Gasteiger partial charge >= 0.3 is 0 Å². The highest BCUT2D eigenvalue weighted by molar-refractivity contribution is 5.30. The zero-order valence-electron chi connectivity index (χ0n) is 12.3. The van der Waals surface area contributed by atoms with Crippen molar-refractivity contribution in [2.75, 3.05) is 6.54 Å². The number of nitrogens with zero attached hydrogens (tertiary/aromatic N) is 4. The molecule has 106 valence electrons. The number of aryl methyl sites for hydroxylation is 2. The van der Waals surface area contributed by atoms with Crippen LogP contribution in [-0.2, 0) is 6.42 Å². The largest absolute Gasteiger partial charge is 0.305 e. The van der Waals surface area contributed by atoms with Gasteiger partial charge in [0.1, 0.15) is 0 Å². The number of nitrogens with one attached hydrogen (secondary N) is 1. The predicted molar refractivity (Wildman–Crippen MR) is 78.3 cm³/mol. The lowest BCUT2D eigenvalue weighted by Gasteiger charge is -2.20. The van der Waals surface area contributed by atoms with Crippen LogP contribution < -0.4 is 5.32 Å². The van der Waals surface area contributed by atoms with Crippen molar-refractivity contribution in [2.24, 2.45) is 0 Å². The van der Waals surface area contributed by atoms with Crippen LogP contribution in [0.4, 0.5) is 0 Å². The summed E-state index contributed by atoms with van der Waals surface area (Å²) < 4.78 is 0. The second-order valence-electron chi connectivity index (χ2n) is 4.76. The molecule has 20 heavy (non-hydrogen) atoms. The van der Waals surface area contributed by atoms with Gasteiger partial charge in [-0.3, -0.25) is 9.97 Å². The standard InChI is InChI=1S/C15H21N5/c1-4-6-18-15(14-10-16-7-8-17-14)12-9-11(3)19-20-13(12)5-2/h7-10,15,18H,4-6H2,1-3H3. The summed E-state index contributed by atoms with van der Waals surface area (Å²) in [5, 5.41) is 12.0. The summed E-state index contributed by atoms with van der Waals surface area (Å²) in [6, 6.07) is 2.11. The van der Waals surface area contributed by atoms with E-state index in [2.05, 4.69) is 45.4 Å². The molecular weight excluding hydrogens is 250 g/mol. The van der Waals surface area contributed by atoms with Crippen LogP contribution in [0.25, 0.3) is 0 Å². The second kappa shape index (κ2) is 7.05. The summed E-state index contributed by atoms with van der Waals surface area (Å²) in [5.41, 5.74) is 4.00. The van der Waals surface area contributed by atoms with E-state index in [1.54, 1.807) is 12.4 Å². The van der Waals surface area contributed by atoms with Crippen LogP contribution >= 0.6 is 0 Å². The van der Waals surface area contributed by atoms with Gasteiger partial charge in [0, 0.05) is 18.0 Å². The Bertz CT molecular complexity index is 541. The van der Waals surface area contributed by atoms with Crippen molar-refractivity contribution in [1.29, 1.82) is 0 Å². The number of hydrogen-bond donors (Lipinski definition) is 1. The Labute approximate surface area is 119 Å². The maximum Gasteiger partial charge on any atom is 0.0802 e. The molecule has 0 fully saturated rings. The smallest absolute Gasteiger partial charge is 0.0802 e. The summed E-state index contributed by atoms with van der Waals surface area (Å²) in [4.78, 5) is 8.62. The van der Waals surface area contributed by atoms with E-state index in [1.807, 2.05) is 13.1 Å². The van der Waals surface area contributed by atoms with Crippen LogP contribution in [0.3, 0.4) is 0 Å². The van der Waals surface area contributed by atoms with Crippen molar-refractivity contribution in [3.05, 3.63) is 47.3 Å². The molecule has 0 saturated carbocycles. The summed E-state index contributed by atoms with van der Waals surface area (Å²) in [6.45, 7) is 7.13. The van der Waals surface area contributed by atoms with Gasteiger partial charge in [-0.05, 0) is 32.4 Å². The zero-order chi connectivity index (χ0) is 14.4. The van der Waals surface area contributed by atoms with Gasteiger partial charge in [0.15, 0.2) is 0 Å². The Balaban J connectivity index is 2.43. The maximum absolute atomic E-state index is 4.44. The maximum atomic E-state index is 4.44. The molecule has 0 radical (unpaired) electrons. The monoisotopic (exact) mass is 271 g/mol. The van der Waals surface area contributed by atoms with Gasteiger partial charge < -0.3 is 5.32 Å². The normalized spacial score (nSPS) is 12.3. The molecule has 0 aliphatic heterocycles. The first kappa shape index (κ1) is 14.5. The Morgan fingerprint density at radius 1 is 1.20 bits per heavy atom. The number of hydrogen-bond acceptors (Lipinski definition) is 5. The minimum Gasteiger partial charge on any atom is -0.305 e. The third-order valence-electron chi connectivity index (χ3n) is 3.15. The lowest BCUT2D eigenvalue weighted by molar-refractivity contribution is 0.574. The summed E-state index contributed by atoms with van der Waals surface area (Å²) in [6.07, 6.45) is 7.14. The first-order valence-electron chi connectivity index (χ1n) is 7.08. The minimum absolute atomic E-state index is 0.0211. The fourth-order valence-electron chi connectivity index (χ4n) is 2.18. The van der Waals surface area contributed by atoms with E-state index in [0.717, 1.165) is 42.0 Å². The van der Waals surface area contributed by atoms with Crippen LogP contribution in [-0.4, -0.2) is 26.7 Å². The minimum atomic E-state index is 0.0211. The molecule has 0 saturated heterocycles. The fraction of sp³-hybridized carbons (Fsp3) is 0.467. The molecule has 2 aromatic rings.